The quantitative estimate of drug-likeness (QED) is 0.343. The van der Waals surface area contributed by atoms with Gasteiger partial charge in [0.2, 0.25) is 5.91 Å². The first-order valence-electron chi connectivity index (χ1n) is 7.86. The molecule has 8 heteroatoms. The number of carbonyl (C=O) groups is 1. The first kappa shape index (κ1) is 21.0. The Balaban J connectivity index is 0.00000288. The van der Waals surface area contributed by atoms with Crippen molar-refractivity contribution in [3.63, 3.8) is 0 Å². The standard InChI is InChI=1S/C16H23FN4OS.HI/c1-2-18-16(19-10-14-7-4-8-23-14)20-11-15(22)21-13-6-3-5-12(17)9-13;/h3,5-6,9,14H,2,4,7-8,10-11H2,1H3,(H,21,22)(H2,18,19,20);1H. The summed E-state index contributed by atoms with van der Waals surface area (Å²) in [4.78, 5) is 16.2. The van der Waals surface area contributed by atoms with Crippen molar-refractivity contribution in [1.29, 1.82) is 0 Å². The van der Waals surface area contributed by atoms with Gasteiger partial charge in [-0.15, -0.1) is 24.0 Å². The van der Waals surface area contributed by atoms with E-state index >= 15 is 0 Å². The zero-order valence-electron chi connectivity index (χ0n) is 13.7. The fraction of sp³-hybridized carbons (Fsp3) is 0.500. The summed E-state index contributed by atoms with van der Waals surface area (Å²) in [6.07, 6.45) is 2.48. The average molecular weight is 466 g/mol. The van der Waals surface area contributed by atoms with E-state index in [1.165, 1.54) is 30.7 Å². The number of halogens is 2. The Kier molecular flexibility index (Phi) is 10.1. The fourth-order valence-electron chi connectivity index (χ4n) is 2.28. The van der Waals surface area contributed by atoms with Gasteiger partial charge in [0.05, 0.1) is 0 Å². The van der Waals surface area contributed by atoms with Crippen LogP contribution in [0, 0.1) is 5.82 Å². The zero-order chi connectivity index (χ0) is 16.5. The molecule has 5 nitrogen and oxygen atoms in total. The first-order chi connectivity index (χ1) is 11.2. The van der Waals surface area contributed by atoms with Crippen molar-refractivity contribution in [2.75, 3.05) is 30.7 Å². The Hall–Kier alpha value is -1.03. The van der Waals surface area contributed by atoms with Gasteiger partial charge in [-0.25, -0.2) is 9.38 Å². The molecule has 0 saturated carbocycles. The number of nitrogens with zero attached hydrogens (tertiary/aromatic N) is 1. The predicted molar refractivity (Wildman–Crippen MR) is 110 cm³/mol. The van der Waals surface area contributed by atoms with Crippen molar-refractivity contribution in [1.82, 2.24) is 10.6 Å². The van der Waals surface area contributed by atoms with Gasteiger partial charge in [-0.05, 0) is 43.7 Å². The lowest BCUT2D eigenvalue weighted by Crippen LogP contribution is -2.40. The number of rotatable bonds is 6. The third-order valence-electron chi connectivity index (χ3n) is 3.35. The first-order valence-corrected chi connectivity index (χ1v) is 8.91. The Morgan fingerprint density at radius 2 is 2.25 bits per heavy atom. The van der Waals surface area contributed by atoms with Crippen LogP contribution in [-0.4, -0.2) is 42.5 Å². The Bertz CT molecular complexity index is 553. The van der Waals surface area contributed by atoms with Crippen LogP contribution in [0.3, 0.4) is 0 Å². The van der Waals surface area contributed by atoms with E-state index in [1.807, 2.05) is 18.7 Å². The summed E-state index contributed by atoms with van der Waals surface area (Å²) in [5, 5.41) is 9.64. The van der Waals surface area contributed by atoms with Gasteiger partial charge < -0.3 is 16.0 Å². The highest BCUT2D eigenvalue weighted by atomic mass is 127. The monoisotopic (exact) mass is 466 g/mol. The Labute approximate surface area is 163 Å². The number of anilines is 1. The van der Waals surface area contributed by atoms with Gasteiger partial charge >= 0.3 is 0 Å². The topological polar surface area (TPSA) is 65.5 Å². The van der Waals surface area contributed by atoms with E-state index < -0.39 is 0 Å². The lowest BCUT2D eigenvalue weighted by Gasteiger charge is -2.14. The third kappa shape index (κ3) is 7.69. The molecule has 1 fully saturated rings. The van der Waals surface area contributed by atoms with Crippen molar-refractivity contribution >= 4 is 53.3 Å². The summed E-state index contributed by atoms with van der Waals surface area (Å²) < 4.78 is 13.1. The van der Waals surface area contributed by atoms with Crippen LogP contribution in [0.4, 0.5) is 10.1 Å². The SMILES string of the molecule is CCNC(=NCC(=O)Nc1cccc(F)c1)NCC1CCCS1.I. The molecule has 1 atom stereocenters. The molecule has 1 unspecified atom stereocenters. The van der Waals surface area contributed by atoms with Crippen molar-refractivity contribution in [2.24, 2.45) is 4.99 Å². The van der Waals surface area contributed by atoms with Crippen LogP contribution in [0.1, 0.15) is 19.8 Å². The van der Waals surface area contributed by atoms with Crippen molar-refractivity contribution in [2.45, 2.75) is 25.0 Å². The van der Waals surface area contributed by atoms with E-state index in [2.05, 4.69) is 20.9 Å². The van der Waals surface area contributed by atoms with Crippen LogP contribution in [0.25, 0.3) is 0 Å². The van der Waals surface area contributed by atoms with E-state index in [0.717, 1.165) is 13.1 Å². The summed E-state index contributed by atoms with van der Waals surface area (Å²) in [7, 11) is 0. The summed E-state index contributed by atoms with van der Waals surface area (Å²) in [6, 6.07) is 5.81. The molecule has 0 radical (unpaired) electrons. The highest BCUT2D eigenvalue weighted by Crippen LogP contribution is 2.25. The van der Waals surface area contributed by atoms with Gasteiger partial charge in [0.15, 0.2) is 5.96 Å². The highest BCUT2D eigenvalue weighted by molar-refractivity contribution is 14.0. The van der Waals surface area contributed by atoms with Gasteiger partial charge in [-0.3, -0.25) is 4.79 Å². The molecule has 1 heterocycles. The molecule has 0 bridgehead atoms. The molecule has 1 aliphatic heterocycles. The molecule has 2 rings (SSSR count). The summed E-state index contributed by atoms with van der Waals surface area (Å²) in [5.41, 5.74) is 0.436. The predicted octanol–water partition coefficient (Wildman–Crippen LogP) is 2.83. The van der Waals surface area contributed by atoms with E-state index in [9.17, 15) is 9.18 Å². The van der Waals surface area contributed by atoms with Crippen LogP contribution in [-0.2, 0) is 4.79 Å². The van der Waals surface area contributed by atoms with Crippen molar-refractivity contribution in [3.05, 3.63) is 30.1 Å². The highest BCUT2D eigenvalue weighted by Gasteiger charge is 2.15. The maximum Gasteiger partial charge on any atom is 0.246 e. The summed E-state index contributed by atoms with van der Waals surface area (Å²) in [5.74, 6) is 1.20. The number of thioether (sulfide) groups is 1. The second-order valence-electron chi connectivity index (χ2n) is 5.27. The largest absolute Gasteiger partial charge is 0.357 e. The lowest BCUT2D eigenvalue weighted by molar-refractivity contribution is -0.114. The molecule has 1 aromatic carbocycles. The minimum Gasteiger partial charge on any atom is -0.357 e. The van der Waals surface area contributed by atoms with Gasteiger partial charge in [-0.1, -0.05) is 6.07 Å². The number of hydrogen-bond acceptors (Lipinski definition) is 3. The van der Waals surface area contributed by atoms with Crippen molar-refractivity contribution < 1.29 is 9.18 Å². The van der Waals surface area contributed by atoms with Crippen LogP contribution in [0.15, 0.2) is 29.3 Å². The number of nitrogens with one attached hydrogen (secondary N) is 3. The number of guanidine groups is 1. The average Bonchev–Trinajstić information content (AvgIpc) is 3.03. The molecule has 24 heavy (non-hydrogen) atoms. The number of benzene rings is 1. The Morgan fingerprint density at radius 1 is 1.42 bits per heavy atom. The molecule has 1 amide bonds. The number of amides is 1. The second kappa shape index (κ2) is 11.5. The number of carbonyl (C=O) groups excluding carboxylic acids is 1. The van der Waals surface area contributed by atoms with Crippen molar-refractivity contribution in [3.8, 4) is 0 Å². The molecule has 1 aliphatic rings. The molecule has 3 N–H and O–H groups in total. The molecule has 134 valence electrons. The fourth-order valence-corrected chi connectivity index (χ4v) is 3.48. The van der Waals surface area contributed by atoms with E-state index in [0.29, 0.717) is 16.9 Å². The van der Waals surface area contributed by atoms with Gasteiger partial charge in [0.1, 0.15) is 12.4 Å². The molecular weight excluding hydrogens is 442 g/mol. The van der Waals surface area contributed by atoms with Crippen LogP contribution in [0.5, 0.6) is 0 Å². The second-order valence-corrected chi connectivity index (χ2v) is 6.68. The van der Waals surface area contributed by atoms with Gasteiger partial charge in [-0.2, -0.15) is 11.8 Å². The lowest BCUT2D eigenvalue weighted by atomic mass is 10.2. The molecule has 1 aromatic rings. The van der Waals surface area contributed by atoms with Crippen LogP contribution < -0.4 is 16.0 Å². The number of aliphatic imine (C=N–C) groups is 1. The smallest absolute Gasteiger partial charge is 0.246 e. The number of hydrogen-bond donors (Lipinski definition) is 3. The van der Waals surface area contributed by atoms with E-state index in [1.54, 1.807) is 12.1 Å². The zero-order valence-corrected chi connectivity index (χ0v) is 16.8. The normalized spacial score (nSPS) is 17.1. The molecule has 0 aliphatic carbocycles. The molecular formula is C16H24FIN4OS. The summed E-state index contributed by atoms with van der Waals surface area (Å²) >= 11 is 1.97. The minimum absolute atomic E-state index is 0. The molecule has 0 aromatic heterocycles. The maximum absolute atomic E-state index is 13.1. The van der Waals surface area contributed by atoms with E-state index in [-0.39, 0.29) is 42.2 Å². The third-order valence-corrected chi connectivity index (χ3v) is 4.75. The Morgan fingerprint density at radius 3 is 2.92 bits per heavy atom. The van der Waals surface area contributed by atoms with E-state index in [4.69, 9.17) is 0 Å². The van der Waals surface area contributed by atoms with Crippen LogP contribution in [0.2, 0.25) is 0 Å². The maximum atomic E-state index is 13.1. The van der Waals surface area contributed by atoms with Gasteiger partial charge in [0.25, 0.3) is 0 Å². The molecule has 0 spiro atoms. The molecule has 1 saturated heterocycles. The van der Waals surface area contributed by atoms with Gasteiger partial charge in [0, 0.05) is 24.0 Å². The minimum atomic E-state index is -0.379. The summed E-state index contributed by atoms with van der Waals surface area (Å²) in [6.45, 7) is 3.55. The van der Waals surface area contributed by atoms with Crippen LogP contribution >= 0.6 is 35.7 Å².